The first-order valence-corrected chi connectivity index (χ1v) is 13.1. The molecule has 0 unspecified atom stereocenters. The summed E-state index contributed by atoms with van der Waals surface area (Å²) in [4.78, 5) is 25.0. The predicted octanol–water partition coefficient (Wildman–Crippen LogP) is 7.10. The maximum Gasteiger partial charge on any atom is 0.226 e. The first kappa shape index (κ1) is 25.4. The number of anilines is 2. The van der Waals surface area contributed by atoms with E-state index >= 15 is 0 Å². The molecule has 38 heavy (non-hydrogen) atoms. The number of methoxy groups -OCH3 is 1. The van der Waals surface area contributed by atoms with Crippen LogP contribution >= 0.6 is 15.9 Å². The van der Waals surface area contributed by atoms with Gasteiger partial charge in [-0.15, -0.1) is 0 Å². The standard InChI is InChI=1S/C31H27BrN4O2/c1-38-26-16-14-25(15-17-26)33-29(37)18-19-36(21-22-8-3-2-4-9-22)31-27-12-5-6-13-28(27)34-30(35-31)23-10-7-11-24(32)20-23/h2-17,20H,18-19,21H2,1H3,(H,33,37). The van der Waals surface area contributed by atoms with Crippen molar-refractivity contribution in [1.29, 1.82) is 0 Å². The van der Waals surface area contributed by atoms with Gasteiger partial charge in [-0.2, -0.15) is 0 Å². The summed E-state index contributed by atoms with van der Waals surface area (Å²) in [5, 5.41) is 3.93. The van der Waals surface area contributed by atoms with Crippen molar-refractivity contribution in [2.75, 3.05) is 23.9 Å². The molecule has 7 heteroatoms. The van der Waals surface area contributed by atoms with E-state index in [0.29, 0.717) is 25.3 Å². The fraction of sp³-hybridized carbons (Fsp3) is 0.129. The zero-order valence-electron chi connectivity index (χ0n) is 21.0. The summed E-state index contributed by atoms with van der Waals surface area (Å²) >= 11 is 3.56. The number of para-hydroxylation sites is 1. The summed E-state index contributed by atoms with van der Waals surface area (Å²) in [6.07, 6.45) is 0.295. The number of fused-ring (bicyclic) bond motifs is 1. The third-order valence-corrected chi connectivity index (χ3v) is 6.66. The lowest BCUT2D eigenvalue weighted by atomic mass is 10.1. The molecule has 0 saturated heterocycles. The van der Waals surface area contributed by atoms with Gasteiger partial charge < -0.3 is 15.0 Å². The molecule has 4 aromatic carbocycles. The van der Waals surface area contributed by atoms with E-state index in [1.807, 2.05) is 91.0 Å². The average molecular weight is 567 g/mol. The topological polar surface area (TPSA) is 67.3 Å². The van der Waals surface area contributed by atoms with Gasteiger partial charge in [-0.05, 0) is 54.1 Å². The summed E-state index contributed by atoms with van der Waals surface area (Å²) in [5.74, 6) is 2.11. The smallest absolute Gasteiger partial charge is 0.226 e. The van der Waals surface area contributed by atoms with E-state index in [9.17, 15) is 4.79 Å². The maximum atomic E-state index is 12.9. The minimum atomic E-state index is -0.0706. The Labute approximate surface area is 230 Å². The molecule has 6 nitrogen and oxygen atoms in total. The molecule has 5 aromatic rings. The van der Waals surface area contributed by atoms with Crippen molar-refractivity contribution in [3.63, 3.8) is 0 Å². The van der Waals surface area contributed by atoms with Gasteiger partial charge in [-0.25, -0.2) is 9.97 Å². The number of aromatic nitrogens is 2. The molecule has 0 aliphatic carbocycles. The van der Waals surface area contributed by atoms with Crippen LogP contribution in [0, 0.1) is 0 Å². The second kappa shape index (κ2) is 11.9. The number of halogens is 1. The highest BCUT2D eigenvalue weighted by atomic mass is 79.9. The van der Waals surface area contributed by atoms with Gasteiger partial charge in [0.25, 0.3) is 0 Å². The number of nitrogens with one attached hydrogen (secondary N) is 1. The Kier molecular flexibility index (Phi) is 7.95. The largest absolute Gasteiger partial charge is 0.497 e. The Morgan fingerprint density at radius 3 is 2.42 bits per heavy atom. The Hall–Kier alpha value is -4.23. The minimum absolute atomic E-state index is 0.0706. The van der Waals surface area contributed by atoms with E-state index in [0.717, 1.165) is 43.8 Å². The third kappa shape index (κ3) is 6.18. The lowest BCUT2D eigenvalue weighted by Crippen LogP contribution is -2.28. The van der Waals surface area contributed by atoms with Crippen LogP contribution in [0.5, 0.6) is 5.75 Å². The van der Waals surface area contributed by atoms with Crippen molar-refractivity contribution in [2.24, 2.45) is 0 Å². The molecule has 0 bridgehead atoms. The monoisotopic (exact) mass is 566 g/mol. The van der Waals surface area contributed by atoms with Gasteiger partial charge in [0.05, 0.1) is 12.6 Å². The van der Waals surface area contributed by atoms with Gasteiger partial charge in [-0.3, -0.25) is 4.79 Å². The van der Waals surface area contributed by atoms with Crippen LogP contribution in [0.4, 0.5) is 11.5 Å². The number of benzene rings is 4. The molecule has 0 aliphatic rings. The van der Waals surface area contributed by atoms with Crippen molar-refractivity contribution in [2.45, 2.75) is 13.0 Å². The molecule has 1 amide bonds. The van der Waals surface area contributed by atoms with Gasteiger partial charge >= 0.3 is 0 Å². The molecule has 5 rings (SSSR count). The van der Waals surface area contributed by atoms with E-state index in [-0.39, 0.29) is 5.91 Å². The molecule has 0 spiro atoms. The second-order valence-corrected chi connectivity index (χ2v) is 9.75. The van der Waals surface area contributed by atoms with E-state index in [1.165, 1.54) is 0 Å². The Morgan fingerprint density at radius 1 is 0.895 bits per heavy atom. The fourth-order valence-electron chi connectivity index (χ4n) is 4.26. The quantitative estimate of drug-likeness (QED) is 0.206. The van der Waals surface area contributed by atoms with E-state index < -0.39 is 0 Å². The molecule has 0 radical (unpaired) electrons. The number of rotatable bonds is 9. The maximum absolute atomic E-state index is 12.9. The summed E-state index contributed by atoms with van der Waals surface area (Å²) < 4.78 is 6.17. The number of carbonyl (C=O) groups excluding carboxylic acids is 1. The summed E-state index contributed by atoms with van der Waals surface area (Å²) in [6.45, 7) is 1.09. The van der Waals surface area contributed by atoms with Gasteiger partial charge in [0.1, 0.15) is 11.6 Å². The molecule has 0 fully saturated rings. The van der Waals surface area contributed by atoms with Crippen LogP contribution in [-0.4, -0.2) is 29.5 Å². The summed E-state index contributed by atoms with van der Waals surface area (Å²) in [6, 6.07) is 33.5. The molecule has 1 heterocycles. The van der Waals surface area contributed by atoms with Crippen LogP contribution in [0.2, 0.25) is 0 Å². The molecule has 190 valence electrons. The molecule has 1 N–H and O–H groups in total. The lowest BCUT2D eigenvalue weighted by molar-refractivity contribution is -0.116. The molecule has 0 atom stereocenters. The number of hydrogen-bond acceptors (Lipinski definition) is 5. The van der Waals surface area contributed by atoms with Crippen molar-refractivity contribution < 1.29 is 9.53 Å². The third-order valence-electron chi connectivity index (χ3n) is 6.16. The van der Waals surface area contributed by atoms with Crippen LogP contribution in [0.1, 0.15) is 12.0 Å². The number of ether oxygens (including phenoxy) is 1. The first-order chi connectivity index (χ1) is 18.6. The Morgan fingerprint density at radius 2 is 1.66 bits per heavy atom. The molecular formula is C31H27BrN4O2. The number of nitrogens with zero attached hydrogens (tertiary/aromatic N) is 3. The predicted molar refractivity (Wildman–Crippen MR) is 156 cm³/mol. The van der Waals surface area contributed by atoms with Gasteiger partial charge in [-0.1, -0.05) is 70.5 Å². The Balaban J connectivity index is 1.47. The minimum Gasteiger partial charge on any atom is -0.497 e. The van der Waals surface area contributed by atoms with Crippen molar-refractivity contribution in [1.82, 2.24) is 9.97 Å². The second-order valence-electron chi connectivity index (χ2n) is 8.83. The highest BCUT2D eigenvalue weighted by Gasteiger charge is 2.18. The van der Waals surface area contributed by atoms with Crippen molar-refractivity contribution in [3.8, 4) is 17.1 Å². The number of carbonyl (C=O) groups is 1. The normalized spacial score (nSPS) is 10.8. The SMILES string of the molecule is COc1ccc(NC(=O)CCN(Cc2ccccc2)c2nc(-c3cccc(Br)c3)nc3ccccc23)cc1. The van der Waals surface area contributed by atoms with E-state index in [2.05, 4.69) is 38.3 Å². The molecule has 1 aromatic heterocycles. The van der Waals surface area contributed by atoms with Gasteiger partial charge in [0.15, 0.2) is 5.82 Å². The number of amides is 1. The van der Waals surface area contributed by atoms with Crippen molar-refractivity contribution in [3.05, 3.63) is 113 Å². The highest BCUT2D eigenvalue weighted by molar-refractivity contribution is 9.10. The first-order valence-electron chi connectivity index (χ1n) is 12.3. The zero-order chi connectivity index (χ0) is 26.3. The van der Waals surface area contributed by atoms with E-state index in [4.69, 9.17) is 14.7 Å². The van der Waals surface area contributed by atoms with Crippen LogP contribution < -0.4 is 15.0 Å². The average Bonchev–Trinajstić information content (AvgIpc) is 2.95. The molecule has 0 saturated carbocycles. The van der Waals surface area contributed by atoms with Crippen molar-refractivity contribution >= 4 is 44.2 Å². The van der Waals surface area contributed by atoms with Gasteiger partial charge in [0.2, 0.25) is 5.91 Å². The van der Waals surface area contributed by atoms with Crippen LogP contribution in [0.3, 0.4) is 0 Å². The lowest BCUT2D eigenvalue weighted by Gasteiger charge is -2.25. The zero-order valence-corrected chi connectivity index (χ0v) is 22.6. The van der Waals surface area contributed by atoms with Crippen LogP contribution in [0.15, 0.2) is 108 Å². The van der Waals surface area contributed by atoms with Gasteiger partial charge in [0, 0.05) is 40.6 Å². The highest BCUT2D eigenvalue weighted by Crippen LogP contribution is 2.30. The van der Waals surface area contributed by atoms with Crippen LogP contribution in [-0.2, 0) is 11.3 Å². The Bertz CT molecular complexity index is 1540. The van der Waals surface area contributed by atoms with Crippen LogP contribution in [0.25, 0.3) is 22.3 Å². The molecular weight excluding hydrogens is 540 g/mol. The number of hydrogen-bond donors (Lipinski definition) is 1. The van der Waals surface area contributed by atoms with E-state index in [1.54, 1.807) is 7.11 Å². The summed E-state index contributed by atoms with van der Waals surface area (Å²) in [7, 11) is 1.62. The summed E-state index contributed by atoms with van der Waals surface area (Å²) in [5.41, 5.74) is 3.64. The fourth-order valence-corrected chi connectivity index (χ4v) is 4.65. The molecule has 0 aliphatic heterocycles.